The molecule has 1 aromatic rings. The predicted octanol–water partition coefficient (Wildman–Crippen LogP) is 1.70. The molecule has 0 saturated carbocycles. The summed E-state index contributed by atoms with van der Waals surface area (Å²) in [5.41, 5.74) is 0.870. The number of benzene rings is 1. The lowest BCUT2D eigenvalue weighted by molar-refractivity contribution is -0.148. The number of rotatable bonds is 5. The van der Waals surface area contributed by atoms with E-state index >= 15 is 0 Å². The Bertz CT molecular complexity index is 483. The molecule has 1 heterocycles. The first-order valence-electron chi connectivity index (χ1n) is 6.86. The van der Waals surface area contributed by atoms with Crippen molar-refractivity contribution >= 4 is 11.9 Å². The summed E-state index contributed by atoms with van der Waals surface area (Å²) in [6.45, 7) is 3.05. The first-order chi connectivity index (χ1) is 9.61. The van der Waals surface area contributed by atoms with Crippen LogP contribution < -0.4 is 4.74 Å². The molecule has 1 atom stereocenters. The summed E-state index contributed by atoms with van der Waals surface area (Å²) in [6.07, 6.45) is 1.53. The zero-order valence-corrected chi connectivity index (χ0v) is 11.5. The molecule has 108 valence electrons. The first-order valence-corrected chi connectivity index (χ1v) is 6.86. The summed E-state index contributed by atoms with van der Waals surface area (Å²) in [6, 6.07) is 6.67. The predicted molar refractivity (Wildman–Crippen MR) is 73.7 cm³/mol. The second kappa shape index (κ2) is 6.41. The Kier molecular flexibility index (Phi) is 4.61. The van der Waals surface area contributed by atoms with Crippen LogP contribution in [0, 0.1) is 0 Å². The van der Waals surface area contributed by atoms with Gasteiger partial charge in [0.2, 0.25) is 5.91 Å². The second-order valence-electron chi connectivity index (χ2n) is 4.84. The fourth-order valence-corrected chi connectivity index (χ4v) is 2.47. The number of likely N-dealkylation sites (tertiary alicyclic amines) is 1. The van der Waals surface area contributed by atoms with Gasteiger partial charge in [0.25, 0.3) is 0 Å². The van der Waals surface area contributed by atoms with E-state index in [0.29, 0.717) is 19.6 Å². The summed E-state index contributed by atoms with van der Waals surface area (Å²) >= 11 is 0. The zero-order chi connectivity index (χ0) is 14.5. The molecule has 1 N–H and O–H groups in total. The molecule has 1 amide bonds. The molecule has 1 saturated heterocycles. The van der Waals surface area contributed by atoms with Gasteiger partial charge in [0.15, 0.2) is 0 Å². The lowest BCUT2D eigenvalue weighted by atomic mass is 10.1. The first kappa shape index (κ1) is 14.4. The normalized spacial score (nSPS) is 18.1. The van der Waals surface area contributed by atoms with Crippen LogP contribution in [0.4, 0.5) is 0 Å². The average molecular weight is 277 g/mol. The molecule has 5 nitrogen and oxygen atoms in total. The highest BCUT2D eigenvalue weighted by Gasteiger charge is 2.33. The highest BCUT2D eigenvalue weighted by Crippen LogP contribution is 2.19. The number of hydrogen-bond donors (Lipinski definition) is 1. The number of carboxylic acids is 1. The molecule has 0 aliphatic carbocycles. The molecule has 1 fully saturated rings. The summed E-state index contributed by atoms with van der Waals surface area (Å²) in [5.74, 6) is -0.269. The quantitative estimate of drug-likeness (QED) is 0.889. The van der Waals surface area contributed by atoms with Crippen molar-refractivity contribution in [2.24, 2.45) is 0 Å². The zero-order valence-electron chi connectivity index (χ0n) is 11.5. The SMILES string of the molecule is CCOc1ccc(CC(=O)N2CCCC2C(=O)O)cc1. The van der Waals surface area contributed by atoms with Gasteiger partial charge in [0, 0.05) is 6.54 Å². The van der Waals surface area contributed by atoms with Crippen molar-refractivity contribution < 1.29 is 19.4 Å². The van der Waals surface area contributed by atoms with Crippen LogP contribution >= 0.6 is 0 Å². The van der Waals surface area contributed by atoms with E-state index in [9.17, 15) is 9.59 Å². The van der Waals surface area contributed by atoms with E-state index in [1.54, 1.807) is 0 Å². The lowest BCUT2D eigenvalue weighted by Gasteiger charge is -2.21. The van der Waals surface area contributed by atoms with Gasteiger partial charge in [-0.25, -0.2) is 4.79 Å². The molecule has 0 bridgehead atoms. The van der Waals surface area contributed by atoms with Crippen LogP contribution in [-0.2, 0) is 16.0 Å². The minimum absolute atomic E-state index is 0.126. The van der Waals surface area contributed by atoms with Gasteiger partial charge in [0.1, 0.15) is 11.8 Å². The molecule has 0 spiro atoms. The Hall–Kier alpha value is -2.04. The van der Waals surface area contributed by atoms with E-state index in [1.807, 2.05) is 31.2 Å². The van der Waals surface area contributed by atoms with Crippen molar-refractivity contribution in [1.82, 2.24) is 4.90 Å². The number of amides is 1. The highest BCUT2D eigenvalue weighted by atomic mass is 16.5. The molecule has 0 aromatic heterocycles. The van der Waals surface area contributed by atoms with Gasteiger partial charge in [-0.05, 0) is 37.5 Å². The van der Waals surface area contributed by atoms with Crippen LogP contribution in [0.5, 0.6) is 5.75 Å². The molecular weight excluding hydrogens is 258 g/mol. The molecule has 0 radical (unpaired) electrons. The fourth-order valence-electron chi connectivity index (χ4n) is 2.47. The van der Waals surface area contributed by atoms with Crippen LogP contribution in [0.25, 0.3) is 0 Å². The van der Waals surface area contributed by atoms with Gasteiger partial charge in [-0.3, -0.25) is 4.79 Å². The van der Waals surface area contributed by atoms with Crippen molar-refractivity contribution in [3.05, 3.63) is 29.8 Å². The Morgan fingerprint density at radius 3 is 2.65 bits per heavy atom. The van der Waals surface area contributed by atoms with E-state index in [0.717, 1.165) is 17.7 Å². The Morgan fingerprint density at radius 1 is 1.35 bits per heavy atom. The van der Waals surface area contributed by atoms with Gasteiger partial charge < -0.3 is 14.7 Å². The van der Waals surface area contributed by atoms with E-state index in [4.69, 9.17) is 9.84 Å². The topological polar surface area (TPSA) is 66.8 Å². The van der Waals surface area contributed by atoms with Crippen molar-refractivity contribution in [3.63, 3.8) is 0 Å². The number of ether oxygens (including phenoxy) is 1. The molecule has 1 aliphatic rings. The van der Waals surface area contributed by atoms with Gasteiger partial charge in [-0.2, -0.15) is 0 Å². The van der Waals surface area contributed by atoms with Crippen LogP contribution in [0.3, 0.4) is 0 Å². The van der Waals surface area contributed by atoms with Gasteiger partial charge >= 0.3 is 5.97 Å². The highest BCUT2D eigenvalue weighted by molar-refractivity contribution is 5.85. The molecule has 5 heteroatoms. The second-order valence-corrected chi connectivity index (χ2v) is 4.84. The van der Waals surface area contributed by atoms with Crippen molar-refractivity contribution in [3.8, 4) is 5.75 Å². The number of carbonyl (C=O) groups excluding carboxylic acids is 1. The third-order valence-corrected chi connectivity index (χ3v) is 3.45. The number of nitrogens with zero attached hydrogens (tertiary/aromatic N) is 1. The third kappa shape index (κ3) is 3.29. The smallest absolute Gasteiger partial charge is 0.326 e. The number of carboxylic acid groups (broad SMARTS) is 1. The molecule has 20 heavy (non-hydrogen) atoms. The molecule has 1 aliphatic heterocycles. The van der Waals surface area contributed by atoms with E-state index in [1.165, 1.54) is 4.90 Å². The van der Waals surface area contributed by atoms with Crippen molar-refractivity contribution in [2.75, 3.05) is 13.2 Å². The van der Waals surface area contributed by atoms with Crippen LogP contribution in [0.1, 0.15) is 25.3 Å². The Morgan fingerprint density at radius 2 is 2.05 bits per heavy atom. The molecule has 2 rings (SSSR count). The Balaban J connectivity index is 1.98. The van der Waals surface area contributed by atoms with Gasteiger partial charge in [-0.1, -0.05) is 12.1 Å². The standard InChI is InChI=1S/C15H19NO4/c1-2-20-12-7-5-11(6-8-12)10-14(17)16-9-3-4-13(16)15(18)19/h5-8,13H,2-4,9-10H2,1H3,(H,18,19). The summed E-state index contributed by atoms with van der Waals surface area (Å²) in [4.78, 5) is 24.7. The molecular formula is C15H19NO4. The largest absolute Gasteiger partial charge is 0.494 e. The summed E-state index contributed by atoms with van der Waals surface area (Å²) in [5, 5.41) is 9.08. The third-order valence-electron chi connectivity index (χ3n) is 3.45. The van der Waals surface area contributed by atoms with E-state index in [2.05, 4.69) is 0 Å². The minimum Gasteiger partial charge on any atom is -0.494 e. The maximum Gasteiger partial charge on any atom is 0.326 e. The minimum atomic E-state index is -0.914. The van der Waals surface area contributed by atoms with Crippen LogP contribution in [0.15, 0.2) is 24.3 Å². The number of hydrogen-bond acceptors (Lipinski definition) is 3. The lowest BCUT2D eigenvalue weighted by Crippen LogP contribution is -2.41. The number of aliphatic carboxylic acids is 1. The summed E-state index contributed by atoms with van der Waals surface area (Å²) < 4.78 is 5.34. The Labute approximate surface area is 118 Å². The fraction of sp³-hybridized carbons (Fsp3) is 0.467. The maximum absolute atomic E-state index is 12.2. The van der Waals surface area contributed by atoms with Gasteiger partial charge in [0.05, 0.1) is 13.0 Å². The number of carbonyl (C=O) groups is 2. The van der Waals surface area contributed by atoms with E-state index < -0.39 is 12.0 Å². The van der Waals surface area contributed by atoms with Crippen LogP contribution in [0.2, 0.25) is 0 Å². The molecule has 1 aromatic carbocycles. The summed E-state index contributed by atoms with van der Waals surface area (Å²) in [7, 11) is 0. The average Bonchev–Trinajstić information content (AvgIpc) is 2.91. The van der Waals surface area contributed by atoms with Gasteiger partial charge in [-0.15, -0.1) is 0 Å². The maximum atomic E-state index is 12.2. The van der Waals surface area contributed by atoms with E-state index in [-0.39, 0.29) is 12.3 Å². The monoisotopic (exact) mass is 277 g/mol. The van der Waals surface area contributed by atoms with Crippen molar-refractivity contribution in [2.45, 2.75) is 32.2 Å². The van der Waals surface area contributed by atoms with Crippen molar-refractivity contribution in [1.29, 1.82) is 0 Å². The van der Waals surface area contributed by atoms with Crippen LogP contribution in [-0.4, -0.2) is 41.1 Å². The molecule has 1 unspecified atom stereocenters.